The van der Waals surface area contributed by atoms with E-state index in [0.29, 0.717) is 5.92 Å². The molecule has 2 nitrogen and oxygen atoms in total. The maximum Gasteiger partial charge on any atom is 0.122 e. The fraction of sp³-hybridized carbons (Fsp3) is 0.625. The summed E-state index contributed by atoms with van der Waals surface area (Å²) in [5.74, 6) is 2.52. The van der Waals surface area contributed by atoms with Crippen molar-refractivity contribution in [3.8, 4) is 5.75 Å². The van der Waals surface area contributed by atoms with Crippen molar-refractivity contribution in [3.63, 3.8) is 0 Å². The fourth-order valence-electron chi connectivity index (χ4n) is 2.37. The predicted molar refractivity (Wildman–Crippen MR) is 76.2 cm³/mol. The van der Waals surface area contributed by atoms with Crippen molar-refractivity contribution in [2.75, 3.05) is 13.2 Å². The van der Waals surface area contributed by atoms with E-state index in [0.717, 1.165) is 24.8 Å². The number of hydrogen-bond acceptors (Lipinski definition) is 2. The average molecular weight is 247 g/mol. The summed E-state index contributed by atoms with van der Waals surface area (Å²) in [6, 6.07) is 8.47. The molecule has 18 heavy (non-hydrogen) atoms. The molecule has 0 aliphatic heterocycles. The van der Waals surface area contributed by atoms with E-state index in [-0.39, 0.29) is 5.54 Å². The second-order valence-corrected chi connectivity index (χ2v) is 6.20. The number of benzene rings is 1. The molecule has 0 radical (unpaired) electrons. The zero-order valence-electron chi connectivity index (χ0n) is 12.0. The van der Waals surface area contributed by atoms with Crippen molar-refractivity contribution < 1.29 is 4.74 Å². The quantitative estimate of drug-likeness (QED) is 0.858. The third-order valence-corrected chi connectivity index (χ3v) is 3.44. The highest BCUT2D eigenvalue weighted by molar-refractivity contribution is 5.39. The van der Waals surface area contributed by atoms with Crippen molar-refractivity contribution >= 4 is 0 Å². The van der Waals surface area contributed by atoms with Crippen LogP contribution in [-0.2, 0) is 0 Å². The van der Waals surface area contributed by atoms with E-state index in [9.17, 15) is 0 Å². The van der Waals surface area contributed by atoms with Gasteiger partial charge in [0.25, 0.3) is 0 Å². The lowest BCUT2D eigenvalue weighted by molar-refractivity contribution is 0.336. The molecule has 0 aromatic heterocycles. The zero-order chi connectivity index (χ0) is 13.2. The number of ether oxygens (including phenoxy) is 1. The Morgan fingerprint density at radius 3 is 2.67 bits per heavy atom. The van der Waals surface area contributed by atoms with Gasteiger partial charge in [0.2, 0.25) is 0 Å². The molecule has 1 aliphatic rings. The Morgan fingerprint density at radius 1 is 1.28 bits per heavy atom. The molecule has 2 unspecified atom stereocenters. The summed E-state index contributed by atoms with van der Waals surface area (Å²) >= 11 is 0. The minimum Gasteiger partial charge on any atom is -0.494 e. The van der Waals surface area contributed by atoms with Gasteiger partial charge in [0, 0.05) is 5.54 Å². The highest BCUT2D eigenvalue weighted by atomic mass is 16.5. The van der Waals surface area contributed by atoms with Gasteiger partial charge in [-0.25, -0.2) is 0 Å². The minimum atomic E-state index is 0.215. The molecule has 2 atom stereocenters. The van der Waals surface area contributed by atoms with E-state index in [1.165, 1.54) is 12.0 Å². The molecule has 1 fully saturated rings. The Morgan fingerprint density at radius 2 is 2.00 bits per heavy atom. The van der Waals surface area contributed by atoms with Gasteiger partial charge in [-0.1, -0.05) is 18.2 Å². The first kappa shape index (κ1) is 13.4. The Labute approximate surface area is 111 Å². The molecular weight excluding hydrogens is 222 g/mol. The van der Waals surface area contributed by atoms with Crippen molar-refractivity contribution in [2.24, 2.45) is 5.92 Å². The predicted octanol–water partition coefficient (Wildman–Crippen LogP) is 3.58. The summed E-state index contributed by atoms with van der Waals surface area (Å²) < 4.78 is 5.71. The summed E-state index contributed by atoms with van der Waals surface area (Å²) in [5, 5.41) is 3.59. The van der Waals surface area contributed by atoms with Gasteiger partial charge < -0.3 is 10.1 Å². The van der Waals surface area contributed by atoms with Crippen LogP contribution >= 0.6 is 0 Å². The minimum absolute atomic E-state index is 0.215. The summed E-state index contributed by atoms with van der Waals surface area (Å²) in [5.41, 5.74) is 1.60. The SMILES string of the molecule is CCOc1ccccc1C1CC1CNC(C)(C)C. The Bertz CT molecular complexity index is 394. The van der Waals surface area contributed by atoms with Crippen molar-refractivity contribution in [2.45, 2.75) is 45.6 Å². The van der Waals surface area contributed by atoms with E-state index in [1.54, 1.807) is 0 Å². The van der Waals surface area contributed by atoms with Crippen molar-refractivity contribution in [1.82, 2.24) is 5.32 Å². The van der Waals surface area contributed by atoms with Crippen LogP contribution in [0.25, 0.3) is 0 Å². The number of para-hydroxylation sites is 1. The monoisotopic (exact) mass is 247 g/mol. The van der Waals surface area contributed by atoms with Gasteiger partial charge in [-0.15, -0.1) is 0 Å². The first-order valence-corrected chi connectivity index (χ1v) is 6.98. The fourth-order valence-corrected chi connectivity index (χ4v) is 2.37. The molecule has 0 saturated heterocycles. The maximum absolute atomic E-state index is 5.71. The van der Waals surface area contributed by atoms with Gasteiger partial charge in [-0.05, 0) is 64.1 Å². The third kappa shape index (κ3) is 3.49. The standard InChI is InChI=1S/C16H25NO/c1-5-18-15-9-7-6-8-13(15)14-10-12(14)11-17-16(2,3)4/h6-9,12,14,17H,5,10-11H2,1-4H3. The Kier molecular flexibility index (Phi) is 3.96. The van der Waals surface area contributed by atoms with Gasteiger partial charge in [0.05, 0.1) is 6.61 Å². The van der Waals surface area contributed by atoms with Crippen LogP contribution < -0.4 is 10.1 Å². The number of hydrogen-bond donors (Lipinski definition) is 1. The third-order valence-electron chi connectivity index (χ3n) is 3.44. The zero-order valence-corrected chi connectivity index (χ0v) is 12.0. The highest BCUT2D eigenvalue weighted by Crippen LogP contribution is 2.50. The van der Waals surface area contributed by atoms with Crippen LogP contribution in [-0.4, -0.2) is 18.7 Å². The molecule has 1 aromatic rings. The normalized spacial score (nSPS) is 22.9. The Hall–Kier alpha value is -1.02. The molecule has 1 aliphatic carbocycles. The van der Waals surface area contributed by atoms with Gasteiger partial charge in [0.1, 0.15) is 5.75 Å². The van der Waals surface area contributed by atoms with Gasteiger partial charge in [0.15, 0.2) is 0 Å². The number of nitrogens with one attached hydrogen (secondary N) is 1. The lowest BCUT2D eigenvalue weighted by atomic mass is 10.1. The van der Waals surface area contributed by atoms with Crippen LogP contribution in [0.5, 0.6) is 5.75 Å². The van der Waals surface area contributed by atoms with E-state index < -0.39 is 0 Å². The van der Waals surface area contributed by atoms with Gasteiger partial charge in [-0.2, -0.15) is 0 Å². The second kappa shape index (κ2) is 5.31. The molecule has 2 rings (SSSR count). The van der Waals surface area contributed by atoms with Crippen molar-refractivity contribution in [1.29, 1.82) is 0 Å². The molecule has 100 valence electrons. The molecule has 1 saturated carbocycles. The van der Waals surface area contributed by atoms with Crippen LogP contribution in [0.3, 0.4) is 0 Å². The van der Waals surface area contributed by atoms with E-state index >= 15 is 0 Å². The average Bonchev–Trinajstić information content (AvgIpc) is 3.06. The molecule has 2 heteroatoms. The summed E-state index contributed by atoms with van der Waals surface area (Å²) in [6.45, 7) is 10.6. The van der Waals surface area contributed by atoms with Crippen LogP contribution in [0.2, 0.25) is 0 Å². The maximum atomic E-state index is 5.71. The van der Waals surface area contributed by atoms with Gasteiger partial charge >= 0.3 is 0 Å². The van der Waals surface area contributed by atoms with Crippen LogP contribution in [0.4, 0.5) is 0 Å². The lowest BCUT2D eigenvalue weighted by Gasteiger charge is -2.20. The molecule has 1 aromatic carbocycles. The van der Waals surface area contributed by atoms with Gasteiger partial charge in [-0.3, -0.25) is 0 Å². The molecular formula is C16H25NO. The van der Waals surface area contributed by atoms with Crippen LogP contribution in [0, 0.1) is 5.92 Å². The summed E-state index contributed by atoms with van der Waals surface area (Å²) in [6.07, 6.45) is 1.28. The smallest absolute Gasteiger partial charge is 0.122 e. The van der Waals surface area contributed by atoms with E-state index in [2.05, 4.69) is 50.4 Å². The molecule has 0 amide bonds. The highest BCUT2D eigenvalue weighted by Gasteiger charge is 2.39. The molecule has 0 spiro atoms. The van der Waals surface area contributed by atoms with Crippen LogP contribution in [0.15, 0.2) is 24.3 Å². The lowest BCUT2D eigenvalue weighted by Crippen LogP contribution is -2.37. The molecule has 0 bridgehead atoms. The van der Waals surface area contributed by atoms with Crippen LogP contribution in [0.1, 0.15) is 45.6 Å². The Balaban J connectivity index is 1.94. The summed E-state index contributed by atoms with van der Waals surface area (Å²) in [7, 11) is 0. The number of rotatable bonds is 5. The second-order valence-electron chi connectivity index (χ2n) is 6.20. The summed E-state index contributed by atoms with van der Waals surface area (Å²) in [4.78, 5) is 0. The topological polar surface area (TPSA) is 21.3 Å². The first-order chi connectivity index (χ1) is 8.51. The largest absolute Gasteiger partial charge is 0.494 e. The first-order valence-electron chi connectivity index (χ1n) is 6.98. The van der Waals surface area contributed by atoms with E-state index in [1.807, 2.05) is 6.92 Å². The molecule has 0 heterocycles. The van der Waals surface area contributed by atoms with E-state index in [4.69, 9.17) is 4.74 Å². The molecule has 1 N–H and O–H groups in total. The van der Waals surface area contributed by atoms with Crippen molar-refractivity contribution in [3.05, 3.63) is 29.8 Å².